The number of hydrogen-bond acceptors (Lipinski definition) is 4. The van der Waals surface area contributed by atoms with Crippen molar-refractivity contribution < 1.29 is 19.1 Å². The van der Waals surface area contributed by atoms with E-state index in [1.807, 2.05) is 59.5 Å². The lowest BCUT2D eigenvalue weighted by atomic mass is 9.82. The Morgan fingerprint density at radius 2 is 1.79 bits per heavy atom. The van der Waals surface area contributed by atoms with Crippen LogP contribution in [0.5, 0.6) is 11.5 Å². The summed E-state index contributed by atoms with van der Waals surface area (Å²) >= 11 is 0. The number of carbonyl (C=O) groups excluding carboxylic acids is 3. The van der Waals surface area contributed by atoms with E-state index in [2.05, 4.69) is 12.2 Å². The van der Waals surface area contributed by atoms with Crippen LogP contribution in [0.25, 0.3) is 0 Å². The third kappa shape index (κ3) is 7.83. The van der Waals surface area contributed by atoms with E-state index in [9.17, 15) is 14.4 Å². The highest BCUT2D eigenvalue weighted by Crippen LogP contribution is 2.38. The SMILES string of the molecule is CCCC[C@H](C(N)=O)[C@@H](CC1CC1)C(=O)N[C@H]1CCCCN(Cc2cccc(Oc3ccccc3)c2)C1=O. The third-order valence-electron chi connectivity index (χ3n) is 7.69. The van der Waals surface area contributed by atoms with Crippen molar-refractivity contribution in [2.75, 3.05) is 6.54 Å². The Balaban J connectivity index is 1.43. The van der Waals surface area contributed by atoms with Gasteiger partial charge in [-0.2, -0.15) is 0 Å². The van der Waals surface area contributed by atoms with E-state index < -0.39 is 23.8 Å². The summed E-state index contributed by atoms with van der Waals surface area (Å²) in [6.45, 7) is 3.15. The van der Waals surface area contributed by atoms with Crippen LogP contribution in [0.3, 0.4) is 0 Å². The zero-order chi connectivity index (χ0) is 26.9. The second kappa shape index (κ2) is 13.4. The van der Waals surface area contributed by atoms with Crippen LogP contribution in [0.4, 0.5) is 0 Å². The van der Waals surface area contributed by atoms with Crippen LogP contribution in [0.2, 0.25) is 0 Å². The molecule has 0 bridgehead atoms. The topological polar surface area (TPSA) is 102 Å². The summed E-state index contributed by atoms with van der Waals surface area (Å²) in [4.78, 5) is 41.3. The van der Waals surface area contributed by atoms with Crippen LogP contribution in [-0.4, -0.2) is 35.2 Å². The van der Waals surface area contributed by atoms with Gasteiger partial charge in [0.15, 0.2) is 0 Å². The lowest BCUT2D eigenvalue weighted by Gasteiger charge is -2.28. The highest BCUT2D eigenvalue weighted by Gasteiger charge is 2.39. The zero-order valence-corrected chi connectivity index (χ0v) is 22.4. The number of benzene rings is 2. The van der Waals surface area contributed by atoms with Crippen LogP contribution < -0.4 is 15.8 Å². The van der Waals surface area contributed by atoms with E-state index in [4.69, 9.17) is 10.5 Å². The highest BCUT2D eigenvalue weighted by molar-refractivity contribution is 5.91. The van der Waals surface area contributed by atoms with Crippen molar-refractivity contribution in [1.82, 2.24) is 10.2 Å². The van der Waals surface area contributed by atoms with Crippen LogP contribution in [-0.2, 0) is 20.9 Å². The van der Waals surface area contributed by atoms with Gasteiger partial charge in [0.05, 0.1) is 0 Å². The Morgan fingerprint density at radius 1 is 1.03 bits per heavy atom. The number of hydrogen-bond donors (Lipinski definition) is 2. The second-order valence-corrected chi connectivity index (χ2v) is 10.8. The molecule has 1 saturated heterocycles. The van der Waals surface area contributed by atoms with Gasteiger partial charge < -0.3 is 20.7 Å². The van der Waals surface area contributed by atoms with Gasteiger partial charge in [0.25, 0.3) is 0 Å². The number of nitrogens with one attached hydrogen (secondary N) is 1. The first-order valence-corrected chi connectivity index (χ1v) is 14.1. The molecule has 204 valence electrons. The molecule has 38 heavy (non-hydrogen) atoms. The van der Waals surface area contributed by atoms with E-state index in [1.165, 1.54) is 0 Å². The molecule has 0 aromatic heterocycles. The standard InChI is InChI=1S/C31H41N3O4/c1-2-3-14-26(29(32)35)27(20-22-16-17-22)30(36)33-28-15-7-8-18-34(31(28)37)21-23-10-9-13-25(19-23)38-24-11-5-4-6-12-24/h4-6,9-13,19,22,26-28H,2-3,7-8,14-18,20-21H2,1H3,(H2,32,35)(H,33,36)/t26-,27+,28-/m0/s1. The Hall–Kier alpha value is -3.35. The smallest absolute Gasteiger partial charge is 0.245 e. The molecule has 3 atom stereocenters. The lowest BCUT2D eigenvalue weighted by molar-refractivity contribution is -0.139. The van der Waals surface area contributed by atoms with Crippen LogP contribution >= 0.6 is 0 Å². The van der Waals surface area contributed by atoms with Gasteiger partial charge in [0.2, 0.25) is 17.7 Å². The Kier molecular flexibility index (Phi) is 9.79. The number of nitrogens with two attached hydrogens (primary N) is 1. The van der Waals surface area contributed by atoms with E-state index in [0.717, 1.165) is 49.8 Å². The van der Waals surface area contributed by atoms with Gasteiger partial charge in [-0.3, -0.25) is 14.4 Å². The fourth-order valence-corrected chi connectivity index (χ4v) is 5.36. The van der Waals surface area contributed by atoms with Crippen molar-refractivity contribution in [3.05, 3.63) is 60.2 Å². The number of para-hydroxylation sites is 1. The molecule has 1 aliphatic carbocycles. The monoisotopic (exact) mass is 519 g/mol. The van der Waals surface area contributed by atoms with Crippen LogP contribution in [0.1, 0.15) is 70.3 Å². The largest absolute Gasteiger partial charge is 0.457 e. The number of ether oxygens (including phenoxy) is 1. The zero-order valence-electron chi connectivity index (χ0n) is 22.4. The lowest BCUT2D eigenvalue weighted by Crippen LogP contribution is -2.50. The van der Waals surface area contributed by atoms with Gasteiger partial charge in [0.1, 0.15) is 17.5 Å². The molecule has 3 N–H and O–H groups in total. The summed E-state index contributed by atoms with van der Waals surface area (Å²) in [7, 11) is 0. The molecule has 0 spiro atoms. The molecule has 2 aliphatic rings. The number of primary amides is 1. The number of amides is 3. The van der Waals surface area contributed by atoms with Crippen molar-refractivity contribution >= 4 is 17.7 Å². The minimum absolute atomic E-state index is 0.0698. The average molecular weight is 520 g/mol. The quantitative estimate of drug-likeness (QED) is 0.380. The fraction of sp³-hybridized carbons (Fsp3) is 0.516. The molecule has 2 fully saturated rings. The van der Waals surface area contributed by atoms with Gasteiger partial charge in [-0.05, 0) is 67.9 Å². The first-order chi connectivity index (χ1) is 18.4. The van der Waals surface area contributed by atoms with Crippen LogP contribution in [0, 0.1) is 17.8 Å². The minimum atomic E-state index is -0.588. The molecular formula is C31H41N3O4. The number of carbonyl (C=O) groups is 3. The first kappa shape index (κ1) is 27.7. The number of nitrogens with zero attached hydrogens (tertiary/aromatic N) is 1. The summed E-state index contributed by atoms with van der Waals surface area (Å²) in [5, 5.41) is 3.05. The molecule has 0 radical (unpaired) electrons. The molecule has 1 aliphatic heterocycles. The van der Waals surface area contributed by atoms with Crippen molar-refractivity contribution in [3.8, 4) is 11.5 Å². The van der Waals surface area contributed by atoms with E-state index in [-0.39, 0.29) is 11.8 Å². The number of unbranched alkanes of at least 4 members (excludes halogenated alkanes) is 1. The maximum absolute atomic E-state index is 13.6. The van der Waals surface area contributed by atoms with E-state index in [0.29, 0.717) is 44.0 Å². The maximum atomic E-state index is 13.6. The van der Waals surface area contributed by atoms with Gasteiger partial charge in [-0.15, -0.1) is 0 Å². The molecule has 2 aromatic carbocycles. The summed E-state index contributed by atoms with van der Waals surface area (Å²) in [5.74, 6) is 0.310. The number of likely N-dealkylation sites (tertiary alicyclic amines) is 1. The van der Waals surface area contributed by atoms with Crippen LogP contribution in [0.15, 0.2) is 54.6 Å². The highest BCUT2D eigenvalue weighted by atomic mass is 16.5. The average Bonchev–Trinajstić information content (AvgIpc) is 3.74. The summed E-state index contributed by atoms with van der Waals surface area (Å²) in [6.07, 6.45) is 7.59. The summed E-state index contributed by atoms with van der Waals surface area (Å²) < 4.78 is 5.97. The predicted molar refractivity (Wildman–Crippen MR) is 147 cm³/mol. The third-order valence-corrected chi connectivity index (χ3v) is 7.69. The number of rotatable bonds is 13. The molecule has 7 nitrogen and oxygen atoms in total. The fourth-order valence-electron chi connectivity index (χ4n) is 5.36. The molecule has 1 heterocycles. The Labute approximate surface area is 226 Å². The van der Waals surface area contributed by atoms with E-state index in [1.54, 1.807) is 0 Å². The van der Waals surface area contributed by atoms with Gasteiger partial charge in [-0.1, -0.05) is 62.9 Å². The minimum Gasteiger partial charge on any atom is -0.457 e. The second-order valence-electron chi connectivity index (χ2n) is 10.8. The summed E-state index contributed by atoms with van der Waals surface area (Å²) in [6, 6.07) is 16.8. The maximum Gasteiger partial charge on any atom is 0.245 e. The van der Waals surface area contributed by atoms with Gasteiger partial charge in [0, 0.05) is 24.9 Å². The molecular weight excluding hydrogens is 478 g/mol. The Bertz CT molecular complexity index is 1090. The van der Waals surface area contributed by atoms with Gasteiger partial charge >= 0.3 is 0 Å². The van der Waals surface area contributed by atoms with Crippen molar-refractivity contribution in [1.29, 1.82) is 0 Å². The van der Waals surface area contributed by atoms with Crippen molar-refractivity contribution in [2.45, 2.75) is 77.3 Å². The van der Waals surface area contributed by atoms with E-state index >= 15 is 0 Å². The molecule has 0 unspecified atom stereocenters. The first-order valence-electron chi connectivity index (χ1n) is 14.1. The molecule has 7 heteroatoms. The molecule has 4 rings (SSSR count). The molecule has 3 amide bonds. The predicted octanol–water partition coefficient (Wildman–Crippen LogP) is 5.18. The van der Waals surface area contributed by atoms with Crippen molar-refractivity contribution in [2.24, 2.45) is 23.5 Å². The molecule has 2 aromatic rings. The summed E-state index contributed by atoms with van der Waals surface area (Å²) in [5.41, 5.74) is 6.73. The van der Waals surface area contributed by atoms with Gasteiger partial charge in [-0.25, -0.2) is 0 Å². The van der Waals surface area contributed by atoms with Crippen molar-refractivity contribution in [3.63, 3.8) is 0 Å². The normalized spacial score (nSPS) is 19.3. The molecule has 1 saturated carbocycles. The Morgan fingerprint density at radius 3 is 2.50 bits per heavy atom.